The number of halogens is 1. The number of fused-ring (bicyclic) bond motifs is 1. The number of likely N-dealkylation sites (tertiary alicyclic amines) is 1. The SMILES string of the molecule is Cc1cc(C)n(-c2cc(C(=O)N3CCC4(CCCCc5ccccc5OCCCNC4=O)CC3)ccc2F)n1. The number of aromatic nitrogens is 2. The predicted molar refractivity (Wildman–Crippen MR) is 148 cm³/mol. The molecule has 7 nitrogen and oxygen atoms in total. The largest absolute Gasteiger partial charge is 0.493 e. The standard InChI is InChI=1S/C31H37FN4O3/c1-22-20-23(2)36(34-22)27-21-25(11-12-26(27)32)29(37)35-17-14-31(15-18-35)13-6-5-9-24-8-3-4-10-28(24)39-19-7-16-33-30(31)38/h3-4,8,10-12,20-21H,5-7,9,13-19H2,1-2H3,(H,33,38). The van der Waals surface area contributed by atoms with Crippen molar-refractivity contribution < 1.29 is 18.7 Å². The first-order valence-corrected chi connectivity index (χ1v) is 14.0. The molecule has 206 valence electrons. The highest BCUT2D eigenvalue weighted by atomic mass is 19.1. The van der Waals surface area contributed by atoms with Gasteiger partial charge in [-0.3, -0.25) is 9.59 Å². The summed E-state index contributed by atoms with van der Waals surface area (Å²) in [5, 5.41) is 7.53. The average molecular weight is 533 g/mol. The van der Waals surface area contributed by atoms with Crippen molar-refractivity contribution in [2.45, 2.75) is 58.8 Å². The molecule has 2 amide bonds. The van der Waals surface area contributed by atoms with Gasteiger partial charge < -0.3 is 15.0 Å². The molecule has 2 aliphatic rings. The second kappa shape index (κ2) is 11.6. The highest BCUT2D eigenvalue weighted by Crippen LogP contribution is 2.38. The molecule has 8 heteroatoms. The summed E-state index contributed by atoms with van der Waals surface area (Å²) in [6, 6.07) is 14.5. The van der Waals surface area contributed by atoms with Gasteiger partial charge in [0.2, 0.25) is 5.91 Å². The highest BCUT2D eigenvalue weighted by molar-refractivity contribution is 5.95. The first-order chi connectivity index (χ1) is 18.9. The van der Waals surface area contributed by atoms with E-state index < -0.39 is 11.2 Å². The van der Waals surface area contributed by atoms with Crippen LogP contribution in [-0.4, -0.2) is 52.7 Å². The molecule has 0 radical (unpaired) electrons. The van der Waals surface area contributed by atoms with E-state index in [9.17, 15) is 14.0 Å². The summed E-state index contributed by atoms with van der Waals surface area (Å²) in [5.74, 6) is 0.446. The quantitative estimate of drug-likeness (QED) is 0.495. The Hall–Kier alpha value is -3.68. The van der Waals surface area contributed by atoms with E-state index in [1.165, 1.54) is 22.4 Å². The van der Waals surface area contributed by atoms with Crippen LogP contribution in [0, 0.1) is 25.1 Å². The van der Waals surface area contributed by atoms with E-state index in [0.717, 1.165) is 49.2 Å². The molecule has 0 unspecified atom stereocenters. The van der Waals surface area contributed by atoms with Gasteiger partial charge in [0.05, 0.1) is 17.7 Å². The van der Waals surface area contributed by atoms with Crippen molar-refractivity contribution in [2.75, 3.05) is 26.2 Å². The van der Waals surface area contributed by atoms with Crippen LogP contribution in [0.25, 0.3) is 5.69 Å². The predicted octanol–water partition coefficient (Wildman–Crippen LogP) is 5.16. The summed E-state index contributed by atoms with van der Waals surface area (Å²) in [6.07, 6.45) is 5.58. The molecular weight excluding hydrogens is 495 g/mol. The van der Waals surface area contributed by atoms with Crippen LogP contribution in [0.2, 0.25) is 0 Å². The lowest BCUT2D eigenvalue weighted by Gasteiger charge is -2.41. The fourth-order valence-corrected chi connectivity index (χ4v) is 5.87. The topological polar surface area (TPSA) is 76.5 Å². The van der Waals surface area contributed by atoms with E-state index in [4.69, 9.17) is 4.74 Å². The number of nitrogens with zero attached hydrogens (tertiary/aromatic N) is 3. The molecule has 0 aliphatic carbocycles. The zero-order chi connectivity index (χ0) is 27.4. The van der Waals surface area contributed by atoms with Gasteiger partial charge >= 0.3 is 0 Å². The normalized spacial score (nSPS) is 18.2. The number of nitrogens with one attached hydrogen (secondary N) is 1. The minimum Gasteiger partial charge on any atom is -0.493 e. The number of piperidine rings is 1. The minimum atomic E-state index is -0.483. The Balaban J connectivity index is 1.28. The Morgan fingerprint density at radius 2 is 1.82 bits per heavy atom. The molecule has 1 aromatic heterocycles. The lowest BCUT2D eigenvalue weighted by Crippen LogP contribution is -2.50. The first kappa shape index (κ1) is 26.9. The van der Waals surface area contributed by atoms with Crippen LogP contribution in [0.4, 0.5) is 4.39 Å². The van der Waals surface area contributed by atoms with Gasteiger partial charge in [0.1, 0.15) is 17.3 Å². The molecule has 39 heavy (non-hydrogen) atoms. The highest BCUT2D eigenvalue weighted by Gasteiger charge is 2.41. The molecule has 1 N–H and O–H groups in total. The van der Waals surface area contributed by atoms with E-state index in [2.05, 4.69) is 16.5 Å². The number of amides is 2. The van der Waals surface area contributed by atoms with Crippen LogP contribution in [0.3, 0.4) is 0 Å². The van der Waals surface area contributed by atoms with Gasteiger partial charge in [-0.15, -0.1) is 0 Å². The summed E-state index contributed by atoms with van der Waals surface area (Å²) in [7, 11) is 0. The molecule has 0 bridgehead atoms. The third-order valence-electron chi connectivity index (χ3n) is 8.11. The minimum absolute atomic E-state index is 0.0833. The van der Waals surface area contributed by atoms with Crippen molar-refractivity contribution in [1.29, 1.82) is 0 Å². The average Bonchev–Trinajstić information content (AvgIpc) is 3.28. The number of aryl methyl sites for hydroxylation is 3. The van der Waals surface area contributed by atoms with Gasteiger partial charge in [0.15, 0.2) is 0 Å². The summed E-state index contributed by atoms with van der Waals surface area (Å²) in [4.78, 5) is 28.7. The van der Waals surface area contributed by atoms with E-state index in [1.807, 2.05) is 38.1 Å². The third-order valence-corrected chi connectivity index (χ3v) is 8.11. The van der Waals surface area contributed by atoms with Crippen molar-refractivity contribution in [3.8, 4) is 11.4 Å². The van der Waals surface area contributed by atoms with Gasteiger partial charge in [-0.2, -0.15) is 5.10 Å². The van der Waals surface area contributed by atoms with Crippen LogP contribution in [-0.2, 0) is 11.2 Å². The van der Waals surface area contributed by atoms with Gasteiger partial charge in [0, 0.05) is 30.9 Å². The van der Waals surface area contributed by atoms with Crippen molar-refractivity contribution in [2.24, 2.45) is 5.41 Å². The second-order valence-corrected chi connectivity index (χ2v) is 10.9. The molecule has 0 atom stereocenters. The zero-order valence-electron chi connectivity index (χ0n) is 22.8. The maximum absolute atomic E-state index is 14.7. The number of para-hydroxylation sites is 1. The van der Waals surface area contributed by atoms with Crippen molar-refractivity contribution >= 4 is 11.8 Å². The van der Waals surface area contributed by atoms with Crippen molar-refractivity contribution in [1.82, 2.24) is 20.0 Å². The maximum Gasteiger partial charge on any atom is 0.253 e. The lowest BCUT2D eigenvalue weighted by atomic mass is 9.73. The molecule has 0 saturated carbocycles. The molecule has 1 saturated heterocycles. The zero-order valence-corrected chi connectivity index (χ0v) is 22.8. The Labute approximate surface area is 229 Å². The van der Waals surface area contributed by atoms with Gasteiger partial charge in [-0.25, -0.2) is 9.07 Å². The Morgan fingerprint density at radius 1 is 1.03 bits per heavy atom. The second-order valence-electron chi connectivity index (χ2n) is 10.9. The Bertz CT molecular complexity index is 1340. The Kier molecular flexibility index (Phi) is 8.00. The molecule has 2 aromatic carbocycles. The lowest BCUT2D eigenvalue weighted by molar-refractivity contribution is -0.134. The van der Waals surface area contributed by atoms with Gasteiger partial charge in [-0.1, -0.05) is 24.6 Å². The van der Waals surface area contributed by atoms with Crippen LogP contribution < -0.4 is 10.1 Å². The molecule has 3 aromatic rings. The molecular formula is C31H37FN4O3. The van der Waals surface area contributed by atoms with Gasteiger partial charge in [-0.05, 0) is 88.3 Å². The number of hydrogen-bond acceptors (Lipinski definition) is 4. The van der Waals surface area contributed by atoms with E-state index in [1.54, 1.807) is 11.0 Å². The number of rotatable bonds is 2. The maximum atomic E-state index is 14.7. The summed E-state index contributed by atoms with van der Waals surface area (Å²) in [5.41, 5.74) is 3.00. The smallest absolute Gasteiger partial charge is 0.253 e. The Morgan fingerprint density at radius 3 is 2.59 bits per heavy atom. The number of carbonyl (C=O) groups excluding carboxylic acids is 2. The number of benzene rings is 2. The van der Waals surface area contributed by atoms with Crippen molar-refractivity contribution in [3.05, 3.63) is 76.9 Å². The molecule has 1 spiro atoms. The van der Waals surface area contributed by atoms with Crippen LogP contribution >= 0.6 is 0 Å². The van der Waals surface area contributed by atoms with Crippen LogP contribution in [0.5, 0.6) is 5.75 Å². The van der Waals surface area contributed by atoms with E-state index in [-0.39, 0.29) is 17.5 Å². The van der Waals surface area contributed by atoms with Gasteiger partial charge in [0.25, 0.3) is 5.91 Å². The summed E-state index contributed by atoms with van der Waals surface area (Å²) in [6.45, 7) is 5.82. The fourth-order valence-electron chi connectivity index (χ4n) is 5.87. The van der Waals surface area contributed by atoms with Crippen molar-refractivity contribution in [3.63, 3.8) is 0 Å². The summed E-state index contributed by atoms with van der Waals surface area (Å²) >= 11 is 0. The van der Waals surface area contributed by atoms with E-state index >= 15 is 0 Å². The number of carbonyl (C=O) groups is 2. The summed E-state index contributed by atoms with van der Waals surface area (Å²) < 4.78 is 22.2. The monoisotopic (exact) mass is 532 g/mol. The first-order valence-electron chi connectivity index (χ1n) is 14.0. The molecule has 2 aliphatic heterocycles. The third kappa shape index (κ3) is 5.84. The van der Waals surface area contributed by atoms with Crippen LogP contribution in [0.15, 0.2) is 48.5 Å². The molecule has 1 fully saturated rings. The molecule has 5 rings (SSSR count). The molecule has 3 heterocycles. The fraction of sp³-hybridized carbons (Fsp3) is 0.452. The van der Waals surface area contributed by atoms with Crippen LogP contribution in [0.1, 0.15) is 65.8 Å². The number of hydrogen-bond donors (Lipinski definition) is 1. The van der Waals surface area contributed by atoms with E-state index in [0.29, 0.717) is 44.6 Å². The number of ether oxygens (including phenoxy) is 1.